The van der Waals surface area contributed by atoms with Gasteiger partial charge in [0.15, 0.2) is 0 Å². The number of halogens is 1. The molecule has 0 aromatic heterocycles. The van der Waals surface area contributed by atoms with Gasteiger partial charge in [0.25, 0.3) is 5.91 Å². The topological polar surface area (TPSA) is 40.6 Å². The van der Waals surface area contributed by atoms with E-state index < -0.39 is 5.82 Å². The summed E-state index contributed by atoms with van der Waals surface area (Å²) in [5.41, 5.74) is 0.171. The van der Waals surface area contributed by atoms with Crippen molar-refractivity contribution >= 4 is 11.8 Å². The first-order valence-corrected chi connectivity index (χ1v) is 8.88. The molecule has 128 valence electrons. The van der Waals surface area contributed by atoms with Crippen LogP contribution in [0.3, 0.4) is 0 Å². The molecule has 1 aliphatic carbocycles. The van der Waals surface area contributed by atoms with Gasteiger partial charge in [-0.25, -0.2) is 4.39 Å². The minimum Gasteiger partial charge on any atom is -0.342 e. The molecule has 0 atom stereocenters. The van der Waals surface area contributed by atoms with E-state index in [-0.39, 0.29) is 22.8 Å². The number of piperidine rings is 1. The Morgan fingerprint density at radius 3 is 2.58 bits per heavy atom. The van der Waals surface area contributed by atoms with Gasteiger partial charge in [-0.15, -0.1) is 0 Å². The lowest BCUT2D eigenvalue weighted by atomic mass is 9.77. The summed E-state index contributed by atoms with van der Waals surface area (Å²) in [6.45, 7) is 2.97. The standard InChI is InChI=1S/C19H23FN2O2/c20-16-4-2-1-3-15(16)18(24)21-9-7-19(8-10-21)11-17(23)22(13-19)12-14-5-6-14/h1-4,14H,5-13H2. The van der Waals surface area contributed by atoms with Gasteiger partial charge >= 0.3 is 0 Å². The number of carbonyl (C=O) groups excluding carboxylic acids is 2. The smallest absolute Gasteiger partial charge is 0.256 e. The van der Waals surface area contributed by atoms with Crippen molar-refractivity contribution in [2.24, 2.45) is 11.3 Å². The first-order valence-electron chi connectivity index (χ1n) is 8.88. The number of hydrogen-bond acceptors (Lipinski definition) is 2. The van der Waals surface area contributed by atoms with E-state index in [1.54, 1.807) is 23.1 Å². The van der Waals surface area contributed by atoms with Gasteiger partial charge in [-0.2, -0.15) is 0 Å². The number of carbonyl (C=O) groups is 2. The zero-order valence-electron chi connectivity index (χ0n) is 13.8. The zero-order chi connectivity index (χ0) is 16.7. The number of benzene rings is 1. The molecule has 5 heteroatoms. The molecule has 24 heavy (non-hydrogen) atoms. The van der Waals surface area contributed by atoms with E-state index in [4.69, 9.17) is 0 Å². The van der Waals surface area contributed by atoms with Crippen LogP contribution >= 0.6 is 0 Å². The fourth-order valence-electron chi connectivity index (χ4n) is 4.08. The van der Waals surface area contributed by atoms with Crippen LogP contribution in [0.2, 0.25) is 0 Å². The number of amides is 2. The summed E-state index contributed by atoms with van der Waals surface area (Å²) in [4.78, 5) is 28.6. The van der Waals surface area contributed by atoms with E-state index in [9.17, 15) is 14.0 Å². The summed E-state index contributed by atoms with van der Waals surface area (Å²) in [6, 6.07) is 6.14. The molecule has 3 aliphatic rings. The van der Waals surface area contributed by atoms with Crippen molar-refractivity contribution in [3.8, 4) is 0 Å². The molecule has 0 N–H and O–H groups in total. The van der Waals surface area contributed by atoms with Gasteiger partial charge in [0.05, 0.1) is 5.56 Å². The third kappa shape index (κ3) is 2.92. The van der Waals surface area contributed by atoms with Crippen LogP contribution in [-0.2, 0) is 4.79 Å². The highest BCUT2D eigenvalue weighted by molar-refractivity contribution is 5.94. The molecule has 1 spiro atoms. The van der Waals surface area contributed by atoms with E-state index in [1.807, 2.05) is 4.90 Å². The maximum absolute atomic E-state index is 13.8. The lowest BCUT2D eigenvalue weighted by Gasteiger charge is -2.38. The largest absolute Gasteiger partial charge is 0.342 e. The molecule has 1 saturated carbocycles. The van der Waals surface area contributed by atoms with E-state index in [1.165, 1.54) is 18.9 Å². The Bertz CT molecular complexity index is 663. The summed E-state index contributed by atoms with van der Waals surface area (Å²) in [5, 5.41) is 0. The SMILES string of the molecule is O=C1CC2(CCN(C(=O)c3ccccc3F)CC2)CN1CC1CC1. The average molecular weight is 330 g/mol. The predicted molar refractivity (Wildman–Crippen MR) is 87.9 cm³/mol. The van der Waals surface area contributed by atoms with Gasteiger partial charge in [0.2, 0.25) is 5.91 Å². The quantitative estimate of drug-likeness (QED) is 0.855. The van der Waals surface area contributed by atoms with Gasteiger partial charge in [-0.1, -0.05) is 12.1 Å². The molecule has 1 aromatic carbocycles. The highest BCUT2D eigenvalue weighted by Gasteiger charge is 2.46. The van der Waals surface area contributed by atoms with Gasteiger partial charge in [-0.05, 0) is 43.7 Å². The third-order valence-corrected chi connectivity index (χ3v) is 5.80. The maximum Gasteiger partial charge on any atom is 0.256 e. The molecular weight excluding hydrogens is 307 g/mol. The Morgan fingerprint density at radius 2 is 1.92 bits per heavy atom. The van der Waals surface area contributed by atoms with E-state index in [0.717, 1.165) is 25.9 Å². The first kappa shape index (κ1) is 15.6. The van der Waals surface area contributed by atoms with Crippen LogP contribution in [0.15, 0.2) is 24.3 Å². The van der Waals surface area contributed by atoms with Crippen molar-refractivity contribution in [1.29, 1.82) is 0 Å². The normalized spacial score (nSPS) is 23.1. The first-order chi connectivity index (χ1) is 11.6. The Balaban J connectivity index is 1.39. The van der Waals surface area contributed by atoms with E-state index >= 15 is 0 Å². The summed E-state index contributed by atoms with van der Waals surface area (Å²) < 4.78 is 13.8. The molecule has 4 nitrogen and oxygen atoms in total. The second-order valence-electron chi connectivity index (χ2n) is 7.67. The maximum atomic E-state index is 13.8. The van der Waals surface area contributed by atoms with Crippen LogP contribution in [0.4, 0.5) is 4.39 Å². The van der Waals surface area contributed by atoms with Crippen LogP contribution in [0, 0.1) is 17.2 Å². The molecule has 2 heterocycles. The predicted octanol–water partition coefficient (Wildman–Crippen LogP) is 2.69. The second-order valence-corrected chi connectivity index (χ2v) is 7.67. The van der Waals surface area contributed by atoms with Gasteiger partial charge in [0, 0.05) is 38.0 Å². The van der Waals surface area contributed by atoms with Crippen molar-refractivity contribution in [3.05, 3.63) is 35.6 Å². The van der Waals surface area contributed by atoms with Crippen molar-refractivity contribution in [2.45, 2.75) is 32.1 Å². The Kier molecular flexibility index (Phi) is 3.82. The molecule has 0 unspecified atom stereocenters. The fraction of sp³-hybridized carbons (Fsp3) is 0.579. The molecule has 0 radical (unpaired) electrons. The Morgan fingerprint density at radius 1 is 1.21 bits per heavy atom. The molecule has 3 fully saturated rings. The number of nitrogens with zero attached hydrogens (tertiary/aromatic N) is 2. The van der Waals surface area contributed by atoms with Crippen molar-refractivity contribution < 1.29 is 14.0 Å². The van der Waals surface area contributed by atoms with Gasteiger partial charge < -0.3 is 9.80 Å². The number of hydrogen-bond donors (Lipinski definition) is 0. The molecular formula is C19H23FN2O2. The van der Waals surface area contributed by atoms with Crippen molar-refractivity contribution in [3.63, 3.8) is 0 Å². The Labute approximate surface area is 141 Å². The van der Waals surface area contributed by atoms with Gasteiger partial charge in [0.1, 0.15) is 5.82 Å². The molecule has 4 rings (SSSR count). The van der Waals surface area contributed by atoms with E-state index in [2.05, 4.69) is 0 Å². The van der Waals surface area contributed by atoms with Crippen molar-refractivity contribution in [1.82, 2.24) is 9.80 Å². The summed E-state index contributed by atoms with van der Waals surface area (Å²) in [6.07, 6.45) is 4.78. The molecule has 2 aliphatic heterocycles. The number of rotatable bonds is 3. The average Bonchev–Trinajstić information content (AvgIpc) is 3.33. The monoisotopic (exact) mass is 330 g/mol. The molecule has 1 aromatic rings. The van der Waals surface area contributed by atoms with Crippen LogP contribution in [0.25, 0.3) is 0 Å². The zero-order valence-corrected chi connectivity index (χ0v) is 13.8. The number of likely N-dealkylation sites (tertiary alicyclic amines) is 2. The second kappa shape index (κ2) is 5.87. The summed E-state index contributed by atoms with van der Waals surface area (Å²) in [7, 11) is 0. The van der Waals surface area contributed by atoms with Gasteiger partial charge in [-0.3, -0.25) is 9.59 Å². The molecule has 0 bridgehead atoms. The Hall–Kier alpha value is -1.91. The lowest BCUT2D eigenvalue weighted by Crippen LogP contribution is -2.44. The summed E-state index contributed by atoms with van der Waals surface area (Å²) in [5.74, 6) is 0.291. The molecule has 2 saturated heterocycles. The highest BCUT2D eigenvalue weighted by atomic mass is 19.1. The lowest BCUT2D eigenvalue weighted by molar-refractivity contribution is -0.128. The molecule has 2 amide bonds. The highest BCUT2D eigenvalue weighted by Crippen LogP contribution is 2.43. The summed E-state index contributed by atoms with van der Waals surface area (Å²) >= 11 is 0. The minimum absolute atomic E-state index is 0.0258. The third-order valence-electron chi connectivity index (χ3n) is 5.80. The van der Waals surface area contributed by atoms with Crippen molar-refractivity contribution in [2.75, 3.05) is 26.2 Å². The fourth-order valence-corrected chi connectivity index (χ4v) is 4.08. The van der Waals surface area contributed by atoms with Crippen LogP contribution in [0.1, 0.15) is 42.5 Å². The van der Waals surface area contributed by atoms with E-state index in [0.29, 0.717) is 25.4 Å². The van der Waals surface area contributed by atoms with Crippen LogP contribution in [0.5, 0.6) is 0 Å². The van der Waals surface area contributed by atoms with Crippen LogP contribution < -0.4 is 0 Å². The minimum atomic E-state index is -0.463. The van der Waals surface area contributed by atoms with Crippen LogP contribution in [-0.4, -0.2) is 47.8 Å².